The van der Waals surface area contributed by atoms with E-state index >= 15 is 0 Å². The molecule has 0 unspecified atom stereocenters. The van der Waals surface area contributed by atoms with Gasteiger partial charge in [0.1, 0.15) is 5.75 Å². The van der Waals surface area contributed by atoms with Crippen LogP contribution in [0.1, 0.15) is 60.0 Å². The molecule has 1 aliphatic heterocycles. The Morgan fingerprint density at radius 1 is 1.19 bits per heavy atom. The molecule has 0 saturated carbocycles. The zero-order chi connectivity index (χ0) is 30.6. The van der Waals surface area contributed by atoms with E-state index in [2.05, 4.69) is 4.90 Å². The minimum atomic E-state index is -2.37. The second kappa shape index (κ2) is 13.5. The molecular formula is C31H43N3O8. The standard InChI is InChI=1S/C31H43N3O8/c1-33(2)25(16-35)24(31(41,18-36)27(38)14-28(32)39)11-19-10-23-22(20-6-9-42-17-20)13-21(15-34-7-4-3-5-8-34)30(40)29(23)26(37)12-19/h6,9,13,17,19,24-25,35-36,40-41H,3-5,7-8,10-12,14-16,18H2,1-2H3,(H2,32,39)/t19-,24-,25+,31+/m0/s1. The molecule has 0 bridgehead atoms. The predicted molar refractivity (Wildman–Crippen MR) is 155 cm³/mol. The molecule has 1 amide bonds. The number of nitrogens with two attached hydrogens (primary N) is 1. The maximum absolute atomic E-state index is 13.7. The van der Waals surface area contributed by atoms with Crippen LogP contribution in [0.2, 0.25) is 0 Å². The number of aromatic hydroxyl groups is 1. The molecule has 2 heterocycles. The highest BCUT2D eigenvalue weighted by molar-refractivity contribution is 6.04. The number of piperidine rings is 1. The fraction of sp³-hybridized carbons (Fsp3) is 0.581. The van der Waals surface area contributed by atoms with Gasteiger partial charge in [0.2, 0.25) is 5.91 Å². The van der Waals surface area contributed by atoms with Crippen molar-refractivity contribution in [3.63, 3.8) is 0 Å². The molecule has 1 saturated heterocycles. The minimum Gasteiger partial charge on any atom is -0.507 e. The van der Waals surface area contributed by atoms with Crippen LogP contribution in [0, 0.1) is 11.8 Å². The highest BCUT2D eigenvalue weighted by atomic mass is 16.3. The highest BCUT2D eigenvalue weighted by Crippen LogP contribution is 2.44. The van der Waals surface area contributed by atoms with Crippen LogP contribution in [-0.2, 0) is 22.6 Å². The third kappa shape index (κ3) is 6.60. The molecular weight excluding hydrogens is 542 g/mol. The highest BCUT2D eigenvalue weighted by Gasteiger charge is 2.49. The molecule has 1 aromatic heterocycles. The minimum absolute atomic E-state index is 0.0205. The maximum Gasteiger partial charge on any atom is 0.224 e. The monoisotopic (exact) mass is 585 g/mol. The molecule has 4 atom stereocenters. The lowest BCUT2D eigenvalue weighted by molar-refractivity contribution is -0.157. The quantitative estimate of drug-likeness (QED) is 0.216. The number of phenols is 1. The number of likely N-dealkylation sites (N-methyl/N-ethyl adjacent to an activating group) is 1. The van der Waals surface area contributed by atoms with Gasteiger partial charge in [-0.15, -0.1) is 0 Å². The largest absolute Gasteiger partial charge is 0.507 e. The number of aliphatic hydroxyl groups excluding tert-OH is 2. The van der Waals surface area contributed by atoms with Crippen LogP contribution in [-0.4, -0.2) is 99.7 Å². The van der Waals surface area contributed by atoms with Crippen LogP contribution in [0.15, 0.2) is 29.1 Å². The summed E-state index contributed by atoms with van der Waals surface area (Å²) in [5.41, 5.74) is 6.00. The average Bonchev–Trinajstić information content (AvgIpc) is 3.48. The fourth-order valence-electron chi connectivity index (χ4n) is 6.73. The van der Waals surface area contributed by atoms with Crippen molar-refractivity contribution in [1.82, 2.24) is 9.80 Å². The lowest BCUT2D eigenvalue weighted by atomic mass is 9.69. The van der Waals surface area contributed by atoms with Gasteiger partial charge in [-0.05, 0) is 82.0 Å². The maximum atomic E-state index is 13.7. The molecule has 1 fully saturated rings. The van der Waals surface area contributed by atoms with Crippen molar-refractivity contribution in [2.24, 2.45) is 17.6 Å². The van der Waals surface area contributed by atoms with Gasteiger partial charge in [0.15, 0.2) is 17.2 Å². The molecule has 11 nitrogen and oxygen atoms in total. The van der Waals surface area contributed by atoms with Gasteiger partial charge in [0.25, 0.3) is 0 Å². The third-order valence-electron chi connectivity index (χ3n) is 8.98. The molecule has 1 aromatic carbocycles. The molecule has 2 aliphatic rings. The van der Waals surface area contributed by atoms with E-state index in [1.54, 1.807) is 37.6 Å². The summed E-state index contributed by atoms with van der Waals surface area (Å²) in [5, 5.41) is 43.4. The smallest absolute Gasteiger partial charge is 0.224 e. The first-order chi connectivity index (χ1) is 20.0. The van der Waals surface area contributed by atoms with Gasteiger partial charge in [-0.3, -0.25) is 19.3 Å². The first-order valence-corrected chi connectivity index (χ1v) is 14.6. The average molecular weight is 586 g/mol. The van der Waals surface area contributed by atoms with E-state index < -0.39 is 54.8 Å². The van der Waals surface area contributed by atoms with Crippen LogP contribution >= 0.6 is 0 Å². The Labute approximate surface area is 245 Å². The number of nitrogens with zero attached hydrogens (tertiary/aromatic N) is 2. The second-order valence-electron chi connectivity index (χ2n) is 12.0. The number of carbonyl (C=O) groups excluding carboxylic acids is 3. The summed E-state index contributed by atoms with van der Waals surface area (Å²) in [4.78, 5) is 42.2. The number of fused-ring (bicyclic) bond motifs is 1. The zero-order valence-corrected chi connectivity index (χ0v) is 24.4. The van der Waals surface area contributed by atoms with Crippen molar-refractivity contribution in [3.8, 4) is 16.9 Å². The normalized spacial score (nSPS) is 20.6. The van der Waals surface area contributed by atoms with Gasteiger partial charge in [-0.2, -0.15) is 0 Å². The molecule has 4 rings (SSSR count). The van der Waals surface area contributed by atoms with Crippen LogP contribution in [0.4, 0.5) is 0 Å². The number of hydrogen-bond acceptors (Lipinski definition) is 10. The van der Waals surface area contributed by atoms with Crippen LogP contribution in [0.25, 0.3) is 11.1 Å². The van der Waals surface area contributed by atoms with E-state index in [0.717, 1.165) is 37.1 Å². The summed E-state index contributed by atoms with van der Waals surface area (Å²) in [6.07, 6.45) is 6.18. The molecule has 230 valence electrons. The van der Waals surface area contributed by atoms with Gasteiger partial charge >= 0.3 is 0 Å². The number of benzene rings is 1. The number of phenolic OH excluding ortho intramolecular Hbond substituents is 1. The number of aliphatic hydroxyl groups is 3. The van der Waals surface area contributed by atoms with Crippen molar-refractivity contribution in [3.05, 3.63) is 41.3 Å². The van der Waals surface area contributed by atoms with Gasteiger partial charge in [-0.1, -0.05) is 6.42 Å². The van der Waals surface area contributed by atoms with Gasteiger partial charge in [-0.25, -0.2) is 0 Å². The van der Waals surface area contributed by atoms with Crippen molar-refractivity contribution in [2.75, 3.05) is 40.4 Å². The van der Waals surface area contributed by atoms with E-state index in [4.69, 9.17) is 10.2 Å². The SMILES string of the molecule is CN(C)[C@H](CO)[C@H](C[C@H]1CC(=O)c2c(O)c(CN3CCCCC3)cc(-c3ccoc3)c2C1)[C@](O)(CO)C(=O)CC(N)=O. The van der Waals surface area contributed by atoms with E-state index in [1.165, 1.54) is 6.42 Å². The van der Waals surface area contributed by atoms with E-state index in [-0.39, 0.29) is 29.9 Å². The number of primary amides is 1. The molecule has 11 heteroatoms. The van der Waals surface area contributed by atoms with Crippen molar-refractivity contribution in [1.29, 1.82) is 0 Å². The topological polar surface area (TPSA) is 178 Å². The number of hydrogen-bond donors (Lipinski definition) is 5. The van der Waals surface area contributed by atoms with Crippen LogP contribution in [0.5, 0.6) is 5.75 Å². The second-order valence-corrected chi connectivity index (χ2v) is 12.0. The first-order valence-electron chi connectivity index (χ1n) is 14.6. The molecule has 1 aliphatic carbocycles. The summed E-state index contributed by atoms with van der Waals surface area (Å²) in [6, 6.07) is 2.94. The first kappa shape index (κ1) is 31.8. The van der Waals surface area contributed by atoms with Crippen LogP contribution in [0.3, 0.4) is 0 Å². The number of furan rings is 1. The van der Waals surface area contributed by atoms with Crippen molar-refractivity contribution in [2.45, 2.75) is 63.1 Å². The molecule has 6 N–H and O–H groups in total. The molecule has 0 radical (unpaired) electrons. The summed E-state index contributed by atoms with van der Waals surface area (Å²) >= 11 is 0. The van der Waals surface area contributed by atoms with Crippen molar-refractivity contribution >= 4 is 17.5 Å². The Hall–Kier alpha value is -3.09. The van der Waals surface area contributed by atoms with Crippen molar-refractivity contribution < 1.29 is 39.2 Å². The van der Waals surface area contributed by atoms with E-state index in [0.29, 0.717) is 24.1 Å². The Morgan fingerprint density at radius 3 is 2.48 bits per heavy atom. The number of likely N-dealkylation sites (tertiary alicyclic amines) is 1. The van der Waals surface area contributed by atoms with Crippen LogP contribution < -0.4 is 5.73 Å². The molecule has 0 spiro atoms. The number of amides is 1. The zero-order valence-electron chi connectivity index (χ0n) is 24.4. The lowest BCUT2D eigenvalue weighted by Gasteiger charge is -2.42. The van der Waals surface area contributed by atoms with Gasteiger partial charge in [0, 0.05) is 36.1 Å². The molecule has 42 heavy (non-hydrogen) atoms. The van der Waals surface area contributed by atoms with E-state index in [9.17, 15) is 34.8 Å². The summed E-state index contributed by atoms with van der Waals surface area (Å²) in [6.45, 7) is 0.952. The predicted octanol–water partition coefficient (Wildman–Crippen LogP) is 1.48. The number of rotatable bonds is 13. The Morgan fingerprint density at radius 2 is 1.90 bits per heavy atom. The number of carbonyl (C=O) groups is 3. The van der Waals surface area contributed by atoms with Gasteiger partial charge in [0.05, 0.1) is 37.7 Å². The summed E-state index contributed by atoms with van der Waals surface area (Å²) in [7, 11) is 3.34. The number of Topliss-reactive ketones (excluding diaryl/α,β-unsaturated/α-hetero) is 2. The summed E-state index contributed by atoms with van der Waals surface area (Å²) in [5.74, 6) is -3.60. The summed E-state index contributed by atoms with van der Waals surface area (Å²) < 4.78 is 5.36. The Bertz CT molecular complexity index is 1270. The third-order valence-corrected chi connectivity index (χ3v) is 8.98. The lowest BCUT2D eigenvalue weighted by Crippen LogP contribution is -2.58. The fourth-order valence-corrected chi connectivity index (χ4v) is 6.73. The molecule has 2 aromatic rings. The van der Waals surface area contributed by atoms with Gasteiger partial charge < -0.3 is 35.5 Å². The Kier molecular flexibility index (Phi) is 10.2. The number of ketones is 2. The Balaban J connectivity index is 1.73. The van der Waals surface area contributed by atoms with E-state index in [1.807, 2.05) is 6.07 Å².